The topological polar surface area (TPSA) is 25.4 Å². The number of nitrogens with zero attached hydrogens (tertiary/aromatic N) is 2. The summed E-state index contributed by atoms with van der Waals surface area (Å²) in [7, 11) is 0. The third kappa shape index (κ3) is 1.79. The molecule has 0 N–H and O–H groups in total. The highest BCUT2D eigenvalue weighted by Crippen LogP contribution is 2.40. The number of hydrogen-bond acceptors (Lipinski definition) is 4. The van der Waals surface area contributed by atoms with Gasteiger partial charge in [-0.25, -0.2) is 0 Å². The Morgan fingerprint density at radius 3 is 3.26 bits per heavy atom. The minimum absolute atomic E-state index is 0.0253. The van der Waals surface area contributed by atoms with Gasteiger partial charge in [-0.2, -0.15) is 11.3 Å². The van der Waals surface area contributed by atoms with Crippen molar-refractivity contribution in [1.29, 1.82) is 0 Å². The monoisotopic (exact) mass is 270 g/mol. The molecule has 0 spiro atoms. The summed E-state index contributed by atoms with van der Waals surface area (Å²) in [6.45, 7) is 1.87. The lowest BCUT2D eigenvalue weighted by Gasteiger charge is -2.41. The van der Waals surface area contributed by atoms with Crippen LogP contribution in [0.25, 0.3) is 11.8 Å². The molecule has 4 heterocycles. The Kier molecular flexibility index (Phi) is 2.64. The molecule has 0 aliphatic carbocycles. The molecule has 4 heteroatoms. The number of pyridine rings is 1. The largest absolute Gasteiger partial charge is 0.354 e. The van der Waals surface area contributed by atoms with Crippen LogP contribution in [0.3, 0.4) is 0 Å². The van der Waals surface area contributed by atoms with Gasteiger partial charge >= 0.3 is 0 Å². The lowest BCUT2D eigenvalue weighted by Crippen LogP contribution is -2.37. The fourth-order valence-electron chi connectivity index (χ4n) is 2.77. The van der Waals surface area contributed by atoms with E-state index < -0.39 is 0 Å². The van der Waals surface area contributed by atoms with E-state index in [2.05, 4.69) is 38.9 Å². The first-order valence-corrected chi connectivity index (χ1v) is 7.45. The Hall–Kier alpha value is -1.65. The van der Waals surface area contributed by atoms with Crippen LogP contribution in [0.1, 0.15) is 29.5 Å². The molecule has 2 aliphatic heterocycles. The first-order valence-electron chi connectivity index (χ1n) is 6.51. The normalized spacial score (nSPS) is 21.6. The Morgan fingerprint density at radius 2 is 2.37 bits per heavy atom. The summed E-state index contributed by atoms with van der Waals surface area (Å²) in [6, 6.07) is 6.26. The van der Waals surface area contributed by atoms with Gasteiger partial charge in [-0.05, 0) is 30.0 Å². The van der Waals surface area contributed by atoms with E-state index in [-0.39, 0.29) is 6.23 Å². The molecule has 2 aromatic rings. The van der Waals surface area contributed by atoms with Gasteiger partial charge in [-0.15, -0.1) is 0 Å². The van der Waals surface area contributed by atoms with Crippen LogP contribution < -0.4 is 0 Å². The van der Waals surface area contributed by atoms with E-state index in [1.807, 2.05) is 12.3 Å². The molecule has 2 aromatic heterocycles. The second-order valence-corrected chi connectivity index (χ2v) is 5.57. The molecule has 3 nitrogen and oxygen atoms in total. The lowest BCUT2D eigenvalue weighted by molar-refractivity contribution is -0.0703. The third-order valence-corrected chi connectivity index (χ3v) is 4.32. The summed E-state index contributed by atoms with van der Waals surface area (Å²) in [5.74, 6) is 0. The molecule has 19 heavy (non-hydrogen) atoms. The van der Waals surface area contributed by atoms with Crippen molar-refractivity contribution >= 4 is 23.1 Å². The number of fused-ring (bicyclic) bond motifs is 3. The summed E-state index contributed by atoms with van der Waals surface area (Å²) in [5, 5.41) is 4.30. The van der Waals surface area contributed by atoms with Gasteiger partial charge in [0, 0.05) is 34.9 Å². The van der Waals surface area contributed by atoms with E-state index in [9.17, 15) is 0 Å². The van der Waals surface area contributed by atoms with E-state index in [1.54, 1.807) is 11.3 Å². The highest BCUT2D eigenvalue weighted by molar-refractivity contribution is 7.08. The summed E-state index contributed by atoms with van der Waals surface area (Å²) in [6.07, 6.45) is 5.13. The van der Waals surface area contributed by atoms with Gasteiger partial charge in [0.1, 0.15) is 0 Å². The number of aromatic nitrogens is 1. The van der Waals surface area contributed by atoms with Crippen LogP contribution in [0.2, 0.25) is 0 Å². The smallest absolute Gasteiger partial charge is 0.158 e. The van der Waals surface area contributed by atoms with Crippen LogP contribution >= 0.6 is 11.3 Å². The van der Waals surface area contributed by atoms with E-state index in [1.165, 1.54) is 16.8 Å². The molecule has 0 amide bonds. The Morgan fingerprint density at radius 1 is 1.37 bits per heavy atom. The fraction of sp³-hybridized carbons (Fsp3) is 0.267. The number of hydrogen-bond donors (Lipinski definition) is 0. The molecule has 4 rings (SSSR count). The zero-order chi connectivity index (χ0) is 12.7. The molecule has 1 saturated heterocycles. The van der Waals surface area contributed by atoms with Crippen LogP contribution in [0.5, 0.6) is 0 Å². The van der Waals surface area contributed by atoms with Crippen LogP contribution in [0.15, 0.2) is 35.2 Å². The second kappa shape index (κ2) is 4.47. The molecule has 1 unspecified atom stereocenters. The predicted octanol–water partition coefficient (Wildman–Crippen LogP) is 3.38. The quantitative estimate of drug-likeness (QED) is 0.794. The van der Waals surface area contributed by atoms with Gasteiger partial charge in [0.2, 0.25) is 0 Å². The lowest BCUT2D eigenvalue weighted by atomic mass is 10.0. The molecule has 0 radical (unpaired) electrons. The average molecular weight is 270 g/mol. The molecule has 0 aromatic carbocycles. The summed E-state index contributed by atoms with van der Waals surface area (Å²) in [4.78, 5) is 6.85. The highest BCUT2D eigenvalue weighted by atomic mass is 32.1. The van der Waals surface area contributed by atoms with Crippen molar-refractivity contribution in [2.45, 2.75) is 12.6 Å². The van der Waals surface area contributed by atoms with Crippen molar-refractivity contribution in [2.24, 2.45) is 0 Å². The molecule has 0 bridgehead atoms. The summed E-state index contributed by atoms with van der Waals surface area (Å²) >= 11 is 1.73. The van der Waals surface area contributed by atoms with Crippen molar-refractivity contribution in [3.05, 3.63) is 52.0 Å². The van der Waals surface area contributed by atoms with E-state index >= 15 is 0 Å². The summed E-state index contributed by atoms with van der Waals surface area (Å²) in [5.41, 5.74) is 4.71. The van der Waals surface area contributed by atoms with Crippen LogP contribution in [-0.4, -0.2) is 23.0 Å². The van der Waals surface area contributed by atoms with Gasteiger partial charge in [0.05, 0.1) is 12.3 Å². The van der Waals surface area contributed by atoms with Crippen LogP contribution in [-0.2, 0) is 4.74 Å². The van der Waals surface area contributed by atoms with Crippen molar-refractivity contribution < 1.29 is 4.74 Å². The second-order valence-electron chi connectivity index (χ2n) is 4.79. The maximum absolute atomic E-state index is 5.99. The van der Waals surface area contributed by atoms with Gasteiger partial charge < -0.3 is 9.64 Å². The van der Waals surface area contributed by atoms with Gasteiger partial charge in [-0.3, -0.25) is 4.98 Å². The molecule has 1 atom stereocenters. The summed E-state index contributed by atoms with van der Waals surface area (Å²) < 4.78 is 5.99. The van der Waals surface area contributed by atoms with E-state index in [4.69, 9.17) is 4.74 Å². The van der Waals surface area contributed by atoms with Crippen LogP contribution in [0, 0.1) is 0 Å². The van der Waals surface area contributed by atoms with Gasteiger partial charge in [0.25, 0.3) is 0 Å². The van der Waals surface area contributed by atoms with Crippen molar-refractivity contribution in [3.63, 3.8) is 0 Å². The van der Waals surface area contributed by atoms with Crippen molar-refractivity contribution in [2.75, 3.05) is 13.2 Å². The fourth-order valence-corrected chi connectivity index (χ4v) is 3.42. The van der Waals surface area contributed by atoms with Crippen LogP contribution in [0.4, 0.5) is 0 Å². The van der Waals surface area contributed by atoms with Gasteiger partial charge in [0.15, 0.2) is 6.23 Å². The molecule has 2 aliphatic rings. The SMILES string of the molecule is C1=C(c2ccsc2)N2CCCOC2c2cccnc21. The maximum atomic E-state index is 5.99. The molecular formula is C15H14N2OS. The Balaban J connectivity index is 1.88. The molecular weight excluding hydrogens is 256 g/mol. The molecule has 1 fully saturated rings. The predicted molar refractivity (Wildman–Crippen MR) is 76.4 cm³/mol. The zero-order valence-corrected chi connectivity index (χ0v) is 11.3. The first kappa shape index (κ1) is 11.2. The number of ether oxygens (including phenoxy) is 1. The standard InChI is InChI=1S/C15H14N2OS/c1-3-12-13(16-5-1)9-14(11-4-8-19-10-11)17-6-2-7-18-15(12)17/h1,3-5,8-10,15H,2,6-7H2. The highest BCUT2D eigenvalue weighted by Gasteiger charge is 2.32. The number of rotatable bonds is 1. The first-order chi connectivity index (χ1) is 9.43. The average Bonchev–Trinajstić information content (AvgIpc) is 3.00. The Bertz CT molecular complexity index is 621. The van der Waals surface area contributed by atoms with Crippen molar-refractivity contribution in [1.82, 2.24) is 9.88 Å². The molecule has 96 valence electrons. The van der Waals surface area contributed by atoms with E-state index in [0.717, 1.165) is 25.3 Å². The van der Waals surface area contributed by atoms with Crippen molar-refractivity contribution in [3.8, 4) is 0 Å². The number of thiophene rings is 1. The minimum Gasteiger partial charge on any atom is -0.354 e. The maximum Gasteiger partial charge on any atom is 0.158 e. The molecule has 0 saturated carbocycles. The zero-order valence-electron chi connectivity index (χ0n) is 10.5. The Labute approximate surface area is 116 Å². The third-order valence-electron chi connectivity index (χ3n) is 3.64. The van der Waals surface area contributed by atoms with Gasteiger partial charge in [-0.1, -0.05) is 6.07 Å². The van der Waals surface area contributed by atoms with E-state index in [0.29, 0.717) is 0 Å². The minimum atomic E-state index is 0.0253.